The number of likely N-dealkylation sites (N-methyl/N-ethyl adjacent to an activating group) is 1. The van der Waals surface area contributed by atoms with Crippen molar-refractivity contribution in [1.29, 1.82) is 0 Å². The van der Waals surface area contributed by atoms with E-state index in [9.17, 15) is 4.79 Å². The van der Waals surface area contributed by atoms with Crippen LogP contribution in [0.3, 0.4) is 0 Å². The van der Waals surface area contributed by atoms with Gasteiger partial charge in [0.2, 0.25) is 5.91 Å². The predicted octanol–water partition coefficient (Wildman–Crippen LogP) is 1.12. The third kappa shape index (κ3) is 3.04. The fraction of sp³-hybridized carbons (Fsp3) is 0.929. The molecule has 0 aromatic heterocycles. The van der Waals surface area contributed by atoms with Crippen molar-refractivity contribution in [2.45, 2.75) is 56.5 Å². The van der Waals surface area contributed by atoms with Crippen LogP contribution in [0.5, 0.6) is 0 Å². The highest BCUT2D eigenvalue weighted by Crippen LogP contribution is 2.33. The molecule has 1 saturated carbocycles. The highest BCUT2D eigenvalue weighted by Gasteiger charge is 2.36. The van der Waals surface area contributed by atoms with Crippen LogP contribution in [-0.4, -0.2) is 49.6 Å². The molecule has 4 nitrogen and oxygen atoms in total. The average Bonchev–Trinajstić information content (AvgIpc) is 2.87. The lowest BCUT2D eigenvalue weighted by Crippen LogP contribution is -2.54. The molecule has 4 heteroatoms. The summed E-state index contributed by atoms with van der Waals surface area (Å²) < 4.78 is 0. The van der Waals surface area contributed by atoms with Crippen molar-refractivity contribution in [2.75, 3.05) is 27.2 Å². The van der Waals surface area contributed by atoms with E-state index in [1.165, 1.54) is 38.5 Å². The van der Waals surface area contributed by atoms with Crippen LogP contribution in [-0.2, 0) is 4.79 Å². The Labute approximate surface area is 110 Å². The number of carbonyl (C=O) groups excluding carboxylic acids is 1. The predicted molar refractivity (Wildman–Crippen MR) is 73.5 cm³/mol. The minimum absolute atomic E-state index is 0.0411. The number of nitrogens with one attached hydrogen (secondary N) is 2. The fourth-order valence-corrected chi connectivity index (χ4v) is 3.27. The summed E-state index contributed by atoms with van der Waals surface area (Å²) in [6.45, 7) is 1.79. The van der Waals surface area contributed by atoms with Crippen molar-refractivity contribution in [2.24, 2.45) is 0 Å². The van der Waals surface area contributed by atoms with E-state index in [4.69, 9.17) is 0 Å². The molecule has 2 aliphatic rings. The molecule has 2 fully saturated rings. The first-order valence-electron chi connectivity index (χ1n) is 7.33. The molecular weight excluding hydrogens is 226 g/mol. The summed E-state index contributed by atoms with van der Waals surface area (Å²) in [6, 6.07) is 0.0411. The van der Waals surface area contributed by atoms with Gasteiger partial charge in [0.1, 0.15) is 0 Å². The number of piperidine rings is 1. The van der Waals surface area contributed by atoms with Gasteiger partial charge >= 0.3 is 0 Å². The van der Waals surface area contributed by atoms with E-state index >= 15 is 0 Å². The summed E-state index contributed by atoms with van der Waals surface area (Å²) in [7, 11) is 4.27. The highest BCUT2D eigenvalue weighted by atomic mass is 16.2. The maximum absolute atomic E-state index is 12.1. The molecule has 2 N–H and O–H groups in total. The summed E-state index contributed by atoms with van der Waals surface area (Å²) in [6.07, 6.45) is 8.35. The molecule has 1 aliphatic heterocycles. The van der Waals surface area contributed by atoms with Crippen molar-refractivity contribution in [3.63, 3.8) is 0 Å². The summed E-state index contributed by atoms with van der Waals surface area (Å²) in [5, 5.41) is 6.48. The second-order valence-electron chi connectivity index (χ2n) is 6.05. The third-order valence-corrected chi connectivity index (χ3v) is 4.70. The SMILES string of the molecule is CN(C)C1(CNC(=O)C2CCCCN2)CCCC1. The standard InChI is InChI=1S/C14H27N3O/c1-17(2)14(8-4-5-9-14)11-16-13(18)12-7-3-6-10-15-12/h12,15H,3-11H2,1-2H3,(H,16,18). The Morgan fingerprint density at radius 2 is 2.00 bits per heavy atom. The van der Waals surface area contributed by atoms with Crippen LogP contribution in [0.2, 0.25) is 0 Å². The van der Waals surface area contributed by atoms with E-state index in [-0.39, 0.29) is 17.5 Å². The van der Waals surface area contributed by atoms with E-state index in [0.29, 0.717) is 0 Å². The Balaban J connectivity index is 1.83. The first-order valence-corrected chi connectivity index (χ1v) is 7.33. The van der Waals surface area contributed by atoms with Gasteiger partial charge < -0.3 is 15.5 Å². The van der Waals surface area contributed by atoms with Crippen molar-refractivity contribution in [3.05, 3.63) is 0 Å². The van der Waals surface area contributed by atoms with Crippen LogP contribution in [0.15, 0.2) is 0 Å². The molecule has 1 heterocycles. The lowest BCUT2D eigenvalue weighted by atomic mass is 9.95. The lowest BCUT2D eigenvalue weighted by molar-refractivity contribution is -0.124. The van der Waals surface area contributed by atoms with Crippen LogP contribution < -0.4 is 10.6 Å². The zero-order valence-corrected chi connectivity index (χ0v) is 11.8. The third-order valence-electron chi connectivity index (χ3n) is 4.70. The van der Waals surface area contributed by atoms with Gasteiger partial charge in [0, 0.05) is 12.1 Å². The Kier molecular flexibility index (Phi) is 4.62. The zero-order valence-electron chi connectivity index (χ0n) is 11.8. The summed E-state index contributed by atoms with van der Waals surface area (Å²) in [4.78, 5) is 14.4. The molecule has 0 radical (unpaired) electrons. The van der Waals surface area contributed by atoms with Crippen molar-refractivity contribution < 1.29 is 4.79 Å². The fourth-order valence-electron chi connectivity index (χ4n) is 3.27. The van der Waals surface area contributed by atoms with Crippen molar-refractivity contribution in [1.82, 2.24) is 15.5 Å². The largest absolute Gasteiger partial charge is 0.353 e. The smallest absolute Gasteiger partial charge is 0.237 e. The van der Waals surface area contributed by atoms with E-state index in [1.807, 2.05) is 0 Å². The van der Waals surface area contributed by atoms with Gasteiger partial charge in [-0.15, -0.1) is 0 Å². The van der Waals surface area contributed by atoms with Gasteiger partial charge in [-0.2, -0.15) is 0 Å². The summed E-state index contributed by atoms with van der Waals surface area (Å²) in [5.41, 5.74) is 0.199. The van der Waals surface area contributed by atoms with E-state index in [1.54, 1.807) is 0 Å². The molecule has 0 spiro atoms. The average molecular weight is 253 g/mol. The molecule has 104 valence electrons. The first-order chi connectivity index (χ1) is 8.64. The van der Waals surface area contributed by atoms with Gasteiger partial charge in [-0.25, -0.2) is 0 Å². The molecule has 0 bridgehead atoms. The van der Waals surface area contributed by atoms with E-state index in [0.717, 1.165) is 19.5 Å². The highest BCUT2D eigenvalue weighted by molar-refractivity contribution is 5.81. The number of hydrogen-bond donors (Lipinski definition) is 2. The number of nitrogens with zero attached hydrogens (tertiary/aromatic N) is 1. The van der Waals surface area contributed by atoms with Gasteiger partial charge in [-0.3, -0.25) is 4.79 Å². The number of hydrogen-bond acceptors (Lipinski definition) is 3. The topological polar surface area (TPSA) is 44.4 Å². The normalized spacial score (nSPS) is 27.4. The second-order valence-corrected chi connectivity index (χ2v) is 6.05. The Bertz CT molecular complexity index is 279. The number of amides is 1. The molecule has 2 rings (SSSR count). The molecule has 0 aromatic carbocycles. The summed E-state index contributed by atoms with van der Waals surface area (Å²) in [5.74, 6) is 0.197. The second kappa shape index (κ2) is 6.02. The lowest BCUT2D eigenvalue weighted by Gasteiger charge is -2.37. The monoisotopic (exact) mass is 253 g/mol. The van der Waals surface area contributed by atoms with Crippen LogP contribution in [0.4, 0.5) is 0 Å². The molecule has 1 aliphatic carbocycles. The van der Waals surface area contributed by atoms with Crippen LogP contribution in [0.25, 0.3) is 0 Å². The van der Waals surface area contributed by atoms with Crippen molar-refractivity contribution in [3.8, 4) is 0 Å². The van der Waals surface area contributed by atoms with Gasteiger partial charge in [-0.05, 0) is 46.3 Å². The Morgan fingerprint density at radius 1 is 1.28 bits per heavy atom. The maximum atomic E-state index is 12.1. The van der Waals surface area contributed by atoms with E-state index in [2.05, 4.69) is 29.6 Å². The molecule has 1 amide bonds. The van der Waals surface area contributed by atoms with Gasteiger partial charge in [0.15, 0.2) is 0 Å². The molecule has 1 saturated heterocycles. The van der Waals surface area contributed by atoms with Gasteiger partial charge in [-0.1, -0.05) is 19.3 Å². The zero-order chi connectivity index (χ0) is 13.0. The Hall–Kier alpha value is -0.610. The van der Waals surface area contributed by atoms with Gasteiger partial charge in [0.25, 0.3) is 0 Å². The molecule has 0 aromatic rings. The number of carbonyl (C=O) groups is 1. The quantitative estimate of drug-likeness (QED) is 0.789. The minimum Gasteiger partial charge on any atom is -0.353 e. The Morgan fingerprint density at radius 3 is 2.56 bits per heavy atom. The first kappa shape index (κ1) is 13.8. The van der Waals surface area contributed by atoms with Crippen LogP contribution >= 0.6 is 0 Å². The molecule has 1 unspecified atom stereocenters. The minimum atomic E-state index is 0.0411. The van der Waals surface area contributed by atoms with Crippen molar-refractivity contribution >= 4 is 5.91 Å². The summed E-state index contributed by atoms with van der Waals surface area (Å²) >= 11 is 0. The van der Waals surface area contributed by atoms with E-state index < -0.39 is 0 Å². The van der Waals surface area contributed by atoms with Gasteiger partial charge in [0.05, 0.1) is 6.04 Å². The molecule has 1 atom stereocenters. The van der Waals surface area contributed by atoms with Crippen LogP contribution in [0.1, 0.15) is 44.9 Å². The maximum Gasteiger partial charge on any atom is 0.237 e. The molecule has 18 heavy (non-hydrogen) atoms. The van der Waals surface area contributed by atoms with Crippen LogP contribution in [0, 0.1) is 0 Å². The molecular formula is C14H27N3O. The number of rotatable bonds is 4.